The van der Waals surface area contributed by atoms with Crippen molar-refractivity contribution in [2.24, 2.45) is 0 Å². The van der Waals surface area contributed by atoms with Gasteiger partial charge in [-0.3, -0.25) is 4.79 Å². The average molecular weight is 297 g/mol. The van der Waals surface area contributed by atoms with Crippen molar-refractivity contribution in [3.8, 4) is 0 Å². The van der Waals surface area contributed by atoms with E-state index in [1.165, 1.54) is 30.2 Å². The van der Waals surface area contributed by atoms with E-state index < -0.39 is 11.6 Å². The predicted octanol–water partition coefficient (Wildman–Crippen LogP) is 2.14. The molecule has 0 aromatic heterocycles. The number of halogens is 2. The number of benzene rings is 1. The second-order valence-electron chi connectivity index (χ2n) is 5.77. The van der Waals surface area contributed by atoms with Gasteiger partial charge in [0.2, 0.25) is 0 Å². The molecule has 0 unspecified atom stereocenters. The summed E-state index contributed by atoms with van der Waals surface area (Å²) < 4.78 is 26.0. The largest absolute Gasteiger partial charge is 0.325 e. The van der Waals surface area contributed by atoms with Crippen molar-refractivity contribution in [2.45, 2.75) is 45.1 Å². The standard InChI is InChI=1S/C16H22F2N2O/c1-12(20-9-5-3-2-4-6-10-20)16(21)19-13-7-8-14(17)15(18)11-13/h7-8,11-12H,2-6,9-10H2,1H3,(H,19,21)/p+1/t12-/m1/s1. The van der Waals surface area contributed by atoms with Crippen molar-refractivity contribution >= 4 is 11.6 Å². The van der Waals surface area contributed by atoms with Crippen LogP contribution in [0.3, 0.4) is 0 Å². The Morgan fingerprint density at radius 2 is 1.71 bits per heavy atom. The molecular formula is C16H23F2N2O+. The molecular weight excluding hydrogens is 274 g/mol. The number of hydrogen-bond donors (Lipinski definition) is 2. The van der Waals surface area contributed by atoms with Gasteiger partial charge in [-0.25, -0.2) is 8.78 Å². The molecule has 1 fully saturated rings. The Labute approximate surface area is 124 Å². The number of rotatable bonds is 3. The SMILES string of the molecule is C[C@H](C(=O)Nc1ccc(F)c(F)c1)[NH+]1CCCCCCC1. The minimum Gasteiger partial charge on any atom is -0.325 e. The van der Waals surface area contributed by atoms with Gasteiger partial charge in [-0.05, 0) is 44.7 Å². The first-order chi connectivity index (χ1) is 10.1. The summed E-state index contributed by atoms with van der Waals surface area (Å²) in [6.07, 6.45) is 6.00. The average Bonchev–Trinajstić information content (AvgIpc) is 2.42. The maximum Gasteiger partial charge on any atom is 0.282 e. The second-order valence-corrected chi connectivity index (χ2v) is 5.77. The smallest absolute Gasteiger partial charge is 0.282 e. The highest BCUT2D eigenvalue weighted by Gasteiger charge is 2.25. The number of carbonyl (C=O) groups is 1. The summed E-state index contributed by atoms with van der Waals surface area (Å²) in [4.78, 5) is 13.5. The first-order valence-electron chi connectivity index (χ1n) is 7.68. The molecule has 1 atom stereocenters. The molecule has 2 N–H and O–H groups in total. The first-order valence-corrected chi connectivity index (χ1v) is 7.68. The number of carbonyl (C=O) groups excluding carboxylic acids is 1. The Bertz CT molecular complexity index is 485. The fraction of sp³-hybridized carbons (Fsp3) is 0.562. The molecule has 1 aliphatic heterocycles. The van der Waals surface area contributed by atoms with E-state index in [2.05, 4.69) is 5.32 Å². The van der Waals surface area contributed by atoms with E-state index in [4.69, 9.17) is 0 Å². The molecule has 1 aromatic rings. The molecule has 0 bridgehead atoms. The maximum absolute atomic E-state index is 13.2. The summed E-state index contributed by atoms with van der Waals surface area (Å²) in [5.74, 6) is -1.99. The summed E-state index contributed by atoms with van der Waals surface area (Å²) in [6, 6.07) is 3.24. The summed E-state index contributed by atoms with van der Waals surface area (Å²) in [6.45, 7) is 3.88. The van der Waals surface area contributed by atoms with Crippen LogP contribution in [0.25, 0.3) is 0 Å². The number of hydrogen-bond acceptors (Lipinski definition) is 1. The third kappa shape index (κ3) is 4.49. The quantitative estimate of drug-likeness (QED) is 0.880. The minimum absolute atomic E-state index is 0.142. The molecule has 2 rings (SSSR count). The van der Waals surface area contributed by atoms with Gasteiger partial charge in [-0.2, -0.15) is 0 Å². The summed E-state index contributed by atoms with van der Waals surface area (Å²) >= 11 is 0. The lowest BCUT2D eigenvalue weighted by Gasteiger charge is -2.26. The van der Waals surface area contributed by atoms with E-state index in [9.17, 15) is 13.6 Å². The van der Waals surface area contributed by atoms with Crippen LogP contribution in [0, 0.1) is 11.6 Å². The predicted molar refractivity (Wildman–Crippen MR) is 78.2 cm³/mol. The topological polar surface area (TPSA) is 33.5 Å². The Kier molecular flexibility index (Phi) is 5.67. The maximum atomic E-state index is 13.2. The van der Waals surface area contributed by atoms with Crippen LogP contribution in [0.15, 0.2) is 18.2 Å². The van der Waals surface area contributed by atoms with E-state index in [-0.39, 0.29) is 11.9 Å². The zero-order valence-corrected chi connectivity index (χ0v) is 12.4. The lowest BCUT2D eigenvalue weighted by Crippen LogP contribution is -3.16. The van der Waals surface area contributed by atoms with Crippen molar-refractivity contribution < 1.29 is 18.5 Å². The highest BCUT2D eigenvalue weighted by atomic mass is 19.2. The van der Waals surface area contributed by atoms with E-state index >= 15 is 0 Å². The van der Waals surface area contributed by atoms with Gasteiger partial charge in [0, 0.05) is 11.8 Å². The number of nitrogens with one attached hydrogen (secondary N) is 2. The van der Waals surface area contributed by atoms with Crippen molar-refractivity contribution in [1.29, 1.82) is 0 Å². The summed E-state index contributed by atoms with van der Waals surface area (Å²) in [5.41, 5.74) is 0.303. The fourth-order valence-electron chi connectivity index (χ4n) is 2.80. The highest BCUT2D eigenvalue weighted by Crippen LogP contribution is 2.13. The van der Waals surface area contributed by atoms with Crippen molar-refractivity contribution in [3.05, 3.63) is 29.8 Å². The van der Waals surface area contributed by atoms with Crippen LogP contribution >= 0.6 is 0 Å². The molecule has 1 heterocycles. The highest BCUT2D eigenvalue weighted by molar-refractivity contribution is 5.93. The Hall–Kier alpha value is -1.49. The molecule has 0 aliphatic carbocycles. The Morgan fingerprint density at radius 3 is 2.33 bits per heavy atom. The molecule has 0 spiro atoms. The van der Waals surface area contributed by atoms with Gasteiger partial charge in [0.25, 0.3) is 5.91 Å². The number of quaternary nitrogens is 1. The van der Waals surface area contributed by atoms with Crippen molar-refractivity contribution in [1.82, 2.24) is 0 Å². The first kappa shape index (κ1) is 15.9. The number of likely N-dealkylation sites (tertiary alicyclic amines) is 1. The van der Waals surface area contributed by atoms with E-state index in [0.29, 0.717) is 5.69 Å². The van der Waals surface area contributed by atoms with Crippen LogP contribution < -0.4 is 10.2 Å². The molecule has 1 aliphatic rings. The monoisotopic (exact) mass is 297 g/mol. The molecule has 5 heteroatoms. The molecule has 0 radical (unpaired) electrons. The summed E-state index contributed by atoms with van der Waals surface area (Å²) in [7, 11) is 0. The second kappa shape index (κ2) is 7.50. The number of amides is 1. The van der Waals surface area contributed by atoms with Crippen LogP contribution in [-0.2, 0) is 4.79 Å². The van der Waals surface area contributed by atoms with Crippen LogP contribution in [0.2, 0.25) is 0 Å². The molecule has 116 valence electrons. The Morgan fingerprint density at radius 1 is 1.10 bits per heavy atom. The van der Waals surface area contributed by atoms with Crippen LogP contribution in [-0.4, -0.2) is 25.0 Å². The van der Waals surface area contributed by atoms with E-state index in [0.717, 1.165) is 38.1 Å². The molecule has 1 amide bonds. The van der Waals surface area contributed by atoms with Gasteiger partial charge in [0.1, 0.15) is 0 Å². The molecule has 1 saturated heterocycles. The molecule has 0 saturated carbocycles. The third-order valence-corrected chi connectivity index (χ3v) is 4.19. The van der Waals surface area contributed by atoms with Crippen LogP contribution in [0.5, 0.6) is 0 Å². The molecule has 3 nitrogen and oxygen atoms in total. The van der Waals surface area contributed by atoms with E-state index in [1.807, 2.05) is 6.92 Å². The van der Waals surface area contributed by atoms with Gasteiger partial charge in [0.05, 0.1) is 13.1 Å². The van der Waals surface area contributed by atoms with Crippen LogP contribution in [0.4, 0.5) is 14.5 Å². The third-order valence-electron chi connectivity index (χ3n) is 4.19. The molecule has 21 heavy (non-hydrogen) atoms. The van der Waals surface area contributed by atoms with Crippen molar-refractivity contribution in [3.63, 3.8) is 0 Å². The zero-order valence-electron chi connectivity index (χ0n) is 12.4. The zero-order chi connectivity index (χ0) is 15.2. The van der Waals surface area contributed by atoms with Gasteiger partial charge >= 0.3 is 0 Å². The van der Waals surface area contributed by atoms with Gasteiger partial charge in [0.15, 0.2) is 17.7 Å². The van der Waals surface area contributed by atoms with Gasteiger partial charge in [-0.1, -0.05) is 6.42 Å². The minimum atomic E-state index is -0.945. The normalized spacial score (nSPS) is 18.6. The van der Waals surface area contributed by atoms with Crippen LogP contribution in [0.1, 0.15) is 39.0 Å². The van der Waals surface area contributed by atoms with Gasteiger partial charge < -0.3 is 10.2 Å². The summed E-state index contributed by atoms with van der Waals surface area (Å²) in [5, 5.41) is 2.68. The Balaban J connectivity index is 1.95. The molecule has 1 aromatic carbocycles. The van der Waals surface area contributed by atoms with E-state index in [1.54, 1.807) is 0 Å². The fourth-order valence-corrected chi connectivity index (χ4v) is 2.80. The van der Waals surface area contributed by atoms with Gasteiger partial charge in [-0.15, -0.1) is 0 Å². The lowest BCUT2D eigenvalue weighted by molar-refractivity contribution is -0.914. The lowest BCUT2D eigenvalue weighted by atomic mass is 10.1. The number of anilines is 1. The van der Waals surface area contributed by atoms with Crippen molar-refractivity contribution in [2.75, 3.05) is 18.4 Å².